The number of rotatable bonds is 5. The van der Waals surface area contributed by atoms with Crippen LogP contribution in [0.1, 0.15) is 44.1 Å². The molecule has 146 valence electrons. The van der Waals surface area contributed by atoms with Crippen LogP contribution in [0.15, 0.2) is 58.4 Å². The number of nitrogens with one attached hydrogen (secondary N) is 1. The Morgan fingerprint density at radius 2 is 1.75 bits per heavy atom. The minimum atomic E-state index is -0.363. The topological polar surface area (TPSA) is 85.8 Å². The first-order chi connectivity index (χ1) is 13.6. The van der Waals surface area contributed by atoms with Crippen molar-refractivity contribution in [2.24, 2.45) is 5.84 Å². The molecule has 0 unspecified atom stereocenters. The normalized spacial score (nSPS) is 13.7. The van der Waals surface area contributed by atoms with Crippen LogP contribution in [0.25, 0.3) is 5.69 Å². The number of allylic oxidation sites excluding steroid dienone is 6. The van der Waals surface area contributed by atoms with Gasteiger partial charge in [0, 0.05) is 6.42 Å². The van der Waals surface area contributed by atoms with E-state index in [1.165, 1.54) is 23.1 Å². The predicted molar refractivity (Wildman–Crippen MR) is 113 cm³/mol. The largest absolute Gasteiger partial charge is 0.356 e. The summed E-state index contributed by atoms with van der Waals surface area (Å²) in [6.45, 7) is 6.15. The first-order valence-electron chi connectivity index (χ1n) is 9.76. The first-order valence-corrected chi connectivity index (χ1v) is 9.76. The molecule has 3 N–H and O–H groups in total. The molecule has 6 heteroatoms. The van der Waals surface area contributed by atoms with Gasteiger partial charge in [0.2, 0.25) is 5.95 Å². The molecule has 1 aromatic carbocycles. The molecule has 6 nitrogen and oxygen atoms in total. The number of benzene rings is 1. The van der Waals surface area contributed by atoms with Gasteiger partial charge in [0.1, 0.15) is 5.82 Å². The Kier molecular flexibility index (Phi) is 6.21. The standard InChI is InChI=1S/C15H21N5O.C7H6/c1-4-10-8-7-9-12(11(10)5-2)20-13(6-3)17-14(19-16)18-15(20)21;1-2-7-4-3-6(1)5-7/h7-9H,4-6,16H2,1-3H3,(H,18,19,21);1-4H,5H2. The lowest BCUT2D eigenvalue weighted by atomic mass is 10.0. The van der Waals surface area contributed by atoms with E-state index in [1.807, 2.05) is 19.1 Å². The van der Waals surface area contributed by atoms with Crippen LogP contribution < -0.4 is 17.0 Å². The molecule has 2 aliphatic rings. The van der Waals surface area contributed by atoms with Crippen molar-refractivity contribution in [2.45, 2.75) is 46.5 Å². The fourth-order valence-corrected chi connectivity index (χ4v) is 3.57. The summed E-state index contributed by atoms with van der Waals surface area (Å²) in [4.78, 5) is 20.5. The van der Waals surface area contributed by atoms with Crippen LogP contribution in [0.3, 0.4) is 0 Å². The van der Waals surface area contributed by atoms with Gasteiger partial charge in [-0.25, -0.2) is 15.2 Å². The molecular formula is C22H27N5O. The third kappa shape index (κ3) is 3.97. The van der Waals surface area contributed by atoms with Gasteiger partial charge in [-0.3, -0.25) is 5.43 Å². The monoisotopic (exact) mass is 377 g/mol. The van der Waals surface area contributed by atoms with Gasteiger partial charge in [0.25, 0.3) is 0 Å². The van der Waals surface area contributed by atoms with E-state index in [2.05, 4.69) is 59.6 Å². The highest BCUT2D eigenvalue weighted by atomic mass is 16.1. The molecule has 2 aromatic rings. The SMILES string of the molecule is C1=CC2=CC=C1C2.CCc1cccc(-n2c(CC)nc(NN)nc2=O)c1CC. The Balaban J connectivity index is 0.000000264. The Bertz CT molecular complexity index is 994. The molecule has 0 atom stereocenters. The van der Waals surface area contributed by atoms with E-state index in [-0.39, 0.29) is 11.6 Å². The second-order valence-electron chi connectivity index (χ2n) is 6.69. The Hall–Kier alpha value is -2.99. The van der Waals surface area contributed by atoms with Crippen LogP contribution in [0, 0.1) is 0 Å². The van der Waals surface area contributed by atoms with Gasteiger partial charge < -0.3 is 0 Å². The number of hydrogen-bond donors (Lipinski definition) is 2. The molecule has 0 amide bonds. The summed E-state index contributed by atoms with van der Waals surface area (Å²) >= 11 is 0. The second-order valence-corrected chi connectivity index (χ2v) is 6.69. The van der Waals surface area contributed by atoms with Crippen LogP contribution >= 0.6 is 0 Å². The number of aromatic nitrogens is 3. The van der Waals surface area contributed by atoms with Crippen LogP contribution in [0.4, 0.5) is 5.95 Å². The van der Waals surface area contributed by atoms with E-state index >= 15 is 0 Å². The zero-order valence-corrected chi connectivity index (χ0v) is 16.7. The van der Waals surface area contributed by atoms with Gasteiger partial charge in [-0.05, 0) is 47.6 Å². The number of fused-ring (bicyclic) bond motifs is 2. The van der Waals surface area contributed by atoms with Crippen molar-refractivity contribution >= 4 is 5.95 Å². The summed E-state index contributed by atoms with van der Waals surface area (Å²) in [6.07, 6.45) is 12.3. The maximum absolute atomic E-state index is 12.4. The fraction of sp³-hybridized carbons (Fsp3) is 0.318. The van der Waals surface area contributed by atoms with Gasteiger partial charge >= 0.3 is 5.69 Å². The molecule has 4 rings (SSSR count). The molecule has 0 fully saturated rings. The quantitative estimate of drug-likeness (QED) is 0.616. The highest BCUT2D eigenvalue weighted by Gasteiger charge is 2.14. The molecule has 2 aliphatic carbocycles. The van der Waals surface area contributed by atoms with Crippen LogP contribution in [0.2, 0.25) is 0 Å². The van der Waals surface area contributed by atoms with E-state index in [1.54, 1.807) is 4.57 Å². The predicted octanol–water partition coefficient (Wildman–Crippen LogP) is 3.41. The van der Waals surface area contributed by atoms with Crippen LogP contribution in [-0.4, -0.2) is 14.5 Å². The fourth-order valence-electron chi connectivity index (χ4n) is 3.57. The average Bonchev–Trinajstić information content (AvgIpc) is 3.39. The molecule has 1 aromatic heterocycles. The number of hydrogen-bond acceptors (Lipinski definition) is 5. The maximum atomic E-state index is 12.4. The van der Waals surface area contributed by atoms with Crippen molar-refractivity contribution in [3.05, 3.63) is 81.1 Å². The highest BCUT2D eigenvalue weighted by Crippen LogP contribution is 2.27. The second kappa shape index (κ2) is 8.80. The van der Waals surface area contributed by atoms with Crippen molar-refractivity contribution in [2.75, 3.05) is 5.43 Å². The molecule has 0 saturated carbocycles. The molecule has 1 heterocycles. The van der Waals surface area contributed by atoms with E-state index in [0.29, 0.717) is 12.2 Å². The summed E-state index contributed by atoms with van der Waals surface area (Å²) in [7, 11) is 0. The number of nitrogens with zero attached hydrogens (tertiary/aromatic N) is 3. The summed E-state index contributed by atoms with van der Waals surface area (Å²) in [5.41, 5.74) is 8.17. The third-order valence-electron chi connectivity index (χ3n) is 4.99. The number of anilines is 1. The van der Waals surface area contributed by atoms with Gasteiger partial charge in [-0.1, -0.05) is 57.2 Å². The minimum absolute atomic E-state index is 0.151. The van der Waals surface area contributed by atoms with E-state index in [4.69, 9.17) is 5.84 Å². The van der Waals surface area contributed by atoms with Crippen molar-refractivity contribution in [3.63, 3.8) is 0 Å². The number of hydrazine groups is 1. The molecule has 2 bridgehead atoms. The van der Waals surface area contributed by atoms with E-state index in [0.717, 1.165) is 24.1 Å². The number of aryl methyl sites for hydroxylation is 2. The lowest BCUT2D eigenvalue weighted by molar-refractivity contribution is 0.761. The van der Waals surface area contributed by atoms with Crippen LogP contribution in [-0.2, 0) is 19.3 Å². The van der Waals surface area contributed by atoms with Crippen molar-refractivity contribution in [3.8, 4) is 5.69 Å². The Morgan fingerprint density at radius 1 is 1.04 bits per heavy atom. The smallest absolute Gasteiger partial charge is 0.292 e. The Labute approximate surface area is 165 Å². The van der Waals surface area contributed by atoms with Gasteiger partial charge in [0.05, 0.1) is 5.69 Å². The number of nitrogens with two attached hydrogens (primary N) is 1. The van der Waals surface area contributed by atoms with Crippen LogP contribution in [0.5, 0.6) is 0 Å². The third-order valence-corrected chi connectivity index (χ3v) is 4.99. The van der Waals surface area contributed by atoms with Crippen molar-refractivity contribution in [1.29, 1.82) is 0 Å². The van der Waals surface area contributed by atoms with Gasteiger partial charge in [0.15, 0.2) is 0 Å². The summed E-state index contributed by atoms with van der Waals surface area (Å²) in [5.74, 6) is 6.10. The molecule has 0 aliphatic heterocycles. The maximum Gasteiger partial charge on any atom is 0.356 e. The lowest BCUT2D eigenvalue weighted by Crippen LogP contribution is -2.29. The summed E-state index contributed by atoms with van der Waals surface area (Å²) in [5, 5.41) is 0. The van der Waals surface area contributed by atoms with Crippen molar-refractivity contribution in [1.82, 2.24) is 14.5 Å². The van der Waals surface area contributed by atoms with Gasteiger partial charge in [-0.2, -0.15) is 9.97 Å². The molecular weight excluding hydrogens is 350 g/mol. The summed E-state index contributed by atoms with van der Waals surface area (Å²) in [6, 6.07) is 6.00. The van der Waals surface area contributed by atoms with E-state index < -0.39 is 0 Å². The van der Waals surface area contributed by atoms with E-state index in [9.17, 15) is 4.79 Å². The average molecular weight is 377 g/mol. The zero-order chi connectivity index (χ0) is 20.1. The molecule has 0 radical (unpaired) electrons. The Morgan fingerprint density at radius 3 is 2.21 bits per heavy atom. The first kappa shape index (κ1) is 19.8. The minimum Gasteiger partial charge on any atom is -0.292 e. The summed E-state index contributed by atoms with van der Waals surface area (Å²) < 4.78 is 1.58. The van der Waals surface area contributed by atoms with Crippen molar-refractivity contribution < 1.29 is 0 Å². The highest BCUT2D eigenvalue weighted by molar-refractivity contribution is 5.49. The molecule has 0 spiro atoms. The lowest BCUT2D eigenvalue weighted by Gasteiger charge is -2.16. The van der Waals surface area contributed by atoms with Gasteiger partial charge in [-0.15, -0.1) is 0 Å². The molecule has 0 saturated heterocycles. The molecule has 28 heavy (non-hydrogen) atoms. The number of nitrogen functional groups attached to an aromatic ring is 1. The zero-order valence-electron chi connectivity index (χ0n) is 16.7.